The number of nitrogens with two attached hydrogens (primary N) is 1. The van der Waals surface area contributed by atoms with Gasteiger partial charge in [-0.15, -0.1) is 0 Å². The Balaban J connectivity index is 2.07. The molecule has 3 rings (SSSR count). The average Bonchev–Trinajstić information content (AvgIpc) is 2.64. The minimum Gasteiger partial charge on any atom is -0.482 e. The molecule has 0 unspecified atom stereocenters. The lowest BCUT2D eigenvalue weighted by atomic mass is 10.1. The van der Waals surface area contributed by atoms with Crippen LogP contribution in [0.15, 0.2) is 57.0 Å². The van der Waals surface area contributed by atoms with Gasteiger partial charge in [0.1, 0.15) is 11.3 Å². The van der Waals surface area contributed by atoms with Gasteiger partial charge in [-0.05, 0) is 58.5 Å². The Hall–Kier alpha value is -2.56. The molecule has 1 fully saturated rings. The number of anilines is 1. The van der Waals surface area contributed by atoms with E-state index in [1.54, 1.807) is 42.5 Å². The second-order valence-electron chi connectivity index (χ2n) is 5.85. The van der Waals surface area contributed by atoms with Crippen LogP contribution in [-0.4, -0.2) is 29.4 Å². The van der Waals surface area contributed by atoms with Gasteiger partial charge in [-0.3, -0.25) is 24.6 Å². The van der Waals surface area contributed by atoms with E-state index in [4.69, 9.17) is 22.7 Å². The van der Waals surface area contributed by atoms with Gasteiger partial charge in [0, 0.05) is 10.0 Å². The molecular formula is C19H13Br2N3O4S. The number of para-hydroxylation sites is 1. The summed E-state index contributed by atoms with van der Waals surface area (Å²) in [5.41, 5.74) is 5.93. The van der Waals surface area contributed by atoms with Crippen LogP contribution in [-0.2, 0) is 14.4 Å². The molecule has 1 aliphatic heterocycles. The van der Waals surface area contributed by atoms with Gasteiger partial charge in [0.15, 0.2) is 11.7 Å². The van der Waals surface area contributed by atoms with Gasteiger partial charge in [-0.1, -0.05) is 34.1 Å². The molecule has 1 aliphatic rings. The Morgan fingerprint density at radius 1 is 1.21 bits per heavy atom. The lowest BCUT2D eigenvalue weighted by Crippen LogP contribution is -2.54. The molecule has 2 aromatic rings. The summed E-state index contributed by atoms with van der Waals surface area (Å²) >= 11 is 11.9. The minimum absolute atomic E-state index is 0.0102. The molecule has 0 saturated carbocycles. The van der Waals surface area contributed by atoms with E-state index in [1.807, 2.05) is 0 Å². The molecule has 0 aliphatic carbocycles. The summed E-state index contributed by atoms with van der Waals surface area (Å²) in [6.07, 6.45) is 1.38. The molecule has 29 heavy (non-hydrogen) atoms. The molecule has 0 radical (unpaired) electrons. The van der Waals surface area contributed by atoms with Crippen LogP contribution in [0.5, 0.6) is 5.75 Å². The fourth-order valence-electron chi connectivity index (χ4n) is 2.61. The summed E-state index contributed by atoms with van der Waals surface area (Å²) in [5, 5.41) is 2.51. The molecule has 7 nitrogen and oxygen atoms in total. The van der Waals surface area contributed by atoms with E-state index < -0.39 is 17.7 Å². The first-order chi connectivity index (χ1) is 13.8. The predicted molar refractivity (Wildman–Crippen MR) is 119 cm³/mol. The third-order valence-electron chi connectivity index (χ3n) is 3.81. The van der Waals surface area contributed by atoms with Crippen molar-refractivity contribution in [2.45, 2.75) is 0 Å². The van der Waals surface area contributed by atoms with Gasteiger partial charge in [0.05, 0.1) is 10.2 Å². The molecule has 0 atom stereocenters. The fourth-order valence-corrected chi connectivity index (χ4v) is 4.26. The summed E-state index contributed by atoms with van der Waals surface area (Å²) in [6, 6.07) is 12.1. The van der Waals surface area contributed by atoms with Crippen molar-refractivity contribution < 1.29 is 19.1 Å². The zero-order chi connectivity index (χ0) is 21.1. The number of hydrogen-bond acceptors (Lipinski definition) is 5. The molecule has 3 amide bonds. The van der Waals surface area contributed by atoms with E-state index in [1.165, 1.54) is 11.0 Å². The summed E-state index contributed by atoms with van der Waals surface area (Å²) in [5.74, 6) is -1.61. The minimum atomic E-state index is -0.662. The van der Waals surface area contributed by atoms with Crippen LogP contribution in [0.4, 0.5) is 5.69 Å². The average molecular weight is 539 g/mol. The molecule has 0 aromatic heterocycles. The number of carbonyl (C=O) groups excluding carboxylic acids is 3. The molecule has 0 spiro atoms. The van der Waals surface area contributed by atoms with Crippen molar-refractivity contribution in [1.82, 2.24) is 5.32 Å². The number of ether oxygens (including phenoxy) is 1. The SMILES string of the molecule is NC(=O)COc1c(Br)cc(Br)cc1/C=C1/C(=O)NC(=S)N(c2ccccc2)C1=O. The zero-order valence-electron chi connectivity index (χ0n) is 14.6. The summed E-state index contributed by atoms with van der Waals surface area (Å²) in [7, 11) is 0. The number of carbonyl (C=O) groups is 3. The number of halogens is 2. The second kappa shape index (κ2) is 8.85. The van der Waals surface area contributed by atoms with Gasteiger partial charge in [-0.25, -0.2) is 0 Å². The summed E-state index contributed by atoms with van der Waals surface area (Å²) in [6.45, 7) is -0.364. The van der Waals surface area contributed by atoms with Gasteiger partial charge in [-0.2, -0.15) is 0 Å². The van der Waals surface area contributed by atoms with Crippen molar-refractivity contribution in [2.75, 3.05) is 11.5 Å². The maximum atomic E-state index is 13.1. The molecule has 0 bridgehead atoms. The number of rotatable bonds is 5. The first-order valence-electron chi connectivity index (χ1n) is 8.14. The molecule has 10 heteroatoms. The summed E-state index contributed by atoms with van der Waals surface area (Å²) in [4.78, 5) is 37.9. The maximum absolute atomic E-state index is 13.1. The highest BCUT2D eigenvalue weighted by molar-refractivity contribution is 9.11. The maximum Gasteiger partial charge on any atom is 0.270 e. The van der Waals surface area contributed by atoms with Gasteiger partial charge in [0.2, 0.25) is 0 Å². The number of benzene rings is 2. The Labute approximate surface area is 188 Å². The summed E-state index contributed by atoms with van der Waals surface area (Å²) < 4.78 is 6.64. The number of nitrogens with zero attached hydrogens (tertiary/aromatic N) is 1. The largest absolute Gasteiger partial charge is 0.482 e. The zero-order valence-corrected chi connectivity index (χ0v) is 18.6. The standard InChI is InChI=1S/C19H13Br2N3O4S/c20-11-6-10(16(14(21)8-11)28-9-15(22)25)7-13-17(26)23-19(29)24(18(13)27)12-4-2-1-3-5-12/h1-8H,9H2,(H2,22,25)(H,23,26,29)/b13-7-. The number of thiocarbonyl (C=S) groups is 1. The van der Waals surface area contributed by atoms with E-state index in [2.05, 4.69) is 37.2 Å². The third-order valence-corrected chi connectivity index (χ3v) is 5.14. The highest BCUT2D eigenvalue weighted by Gasteiger charge is 2.34. The fraction of sp³-hybridized carbons (Fsp3) is 0.0526. The third kappa shape index (κ3) is 4.72. The number of primary amides is 1. The van der Waals surface area contributed by atoms with Crippen molar-refractivity contribution in [2.24, 2.45) is 5.73 Å². The highest BCUT2D eigenvalue weighted by atomic mass is 79.9. The van der Waals surface area contributed by atoms with Crippen LogP contribution >= 0.6 is 44.1 Å². The van der Waals surface area contributed by atoms with Gasteiger partial charge in [0.25, 0.3) is 17.7 Å². The number of hydrogen-bond donors (Lipinski definition) is 2. The van der Waals surface area contributed by atoms with E-state index in [9.17, 15) is 14.4 Å². The second-order valence-corrected chi connectivity index (χ2v) is 8.01. The molecule has 148 valence electrons. The predicted octanol–water partition coefficient (Wildman–Crippen LogP) is 2.91. The first-order valence-corrected chi connectivity index (χ1v) is 10.1. The van der Waals surface area contributed by atoms with Crippen molar-refractivity contribution >= 4 is 78.7 Å². The van der Waals surface area contributed by atoms with Crippen LogP contribution in [0, 0.1) is 0 Å². The lowest BCUT2D eigenvalue weighted by molar-refractivity contribution is -0.122. The van der Waals surface area contributed by atoms with E-state index in [0.29, 0.717) is 20.2 Å². The van der Waals surface area contributed by atoms with Crippen LogP contribution in [0.25, 0.3) is 6.08 Å². The van der Waals surface area contributed by atoms with Gasteiger partial charge < -0.3 is 10.5 Å². The molecule has 1 heterocycles. The molecule has 3 N–H and O–H groups in total. The molecule has 2 aromatic carbocycles. The number of nitrogens with one attached hydrogen (secondary N) is 1. The molecule has 1 saturated heterocycles. The normalized spacial score (nSPS) is 15.4. The highest BCUT2D eigenvalue weighted by Crippen LogP contribution is 2.35. The number of amides is 3. The topological polar surface area (TPSA) is 102 Å². The van der Waals surface area contributed by atoms with Crippen LogP contribution < -0.4 is 20.7 Å². The first kappa shape index (κ1) is 21.2. The van der Waals surface area contributed by atoms with Gasteiger partial charge >= 0.3 is 0 Å². The Bertz CT molecular complexity index is 1060. The Morgan fingerprint density at radius 3 is 2.55 bits per heavy atom. The van der Waals surface area contributed by atoms with E-state index in [-0.39, 0.29) is 23.0 Å². The Morgan fingerprint density at radius 2 is 1.90 bits per heavy atom. The van der Waals surface area contributed by atoms with Crippen molar-refractivity contribution in [1.29, 1.82) is 0 Å². The van der Waals surface area contributed by atoms with Crippen molar-refractivity contribution in [3.05, 3.63) is 62.5 Å². The lowest BCUT2D eigenvalue weighted by Gasteiger charge is -2.29. The smallest absolute Gasteiger partial charge is 0.270 e. The van der Waals surface area contributed by atoms with E-state index in [0.717, 1.165) is 0 Å². The molecular weight excluding hydrogens is 526 g/mol. The Kier molecular flexibility index (Phi) is 6.46. The van der Waals surface area contributed by atoms with Crippen molar-refractivity contribution in [3.8, 4) is 5.75 Å². The monoisotopic (exact) mass is 537 g/mol. The van der Waals surface area contributed by atoms with Crippen molar-refractivity contribution in [3.63, 3.8) is 0 Å². The van der Waals surface area contributed by atoms with Crippen LogP contribution in [0.2, 0.25) is 0 Å². The van der Waals surface area contributed by atoms with E-state index >= 15 is 0 Å². The quantitative estimate of drug-likeness (QED) is 0.346. The van der Waals surface area contributed by atoms with Crippen LogP contribution in [0.1, 0.15) is 5.56 Å². The van der Waals surface area contributed by atoms with Crippen LogP contribution in [0.3, 0.4) is 0 Å².